The normalized spacial score (nSPS) is 22.6. The number of hydrogen-bond acceptors (Lipinski definition) is 4. The lowest BCUT2D eigenvalue weighted by molar-refractivity contribution is 0.0369. The van der Waals surface area contributed by atoms with E-state index in [0.29, 0.717) is 23.5 Å². The van der Waals surface area contributed by atoms with Crippen molar-refractivity contribution in [2.45, 2.75) is 51.4 Å². The fraction of sp³-hybridized carbons (Fsp3) is 0.235. The van der Waals surface area contributed by atoms with E-state index in [4.69, 9.17) is 15.0 Å². The molecule has 268 valence electrons. The molecule has 0 saturated heterocycles. The third kappa shape index (κ3) is 5.18. The first kappa shape index (κ1) is 32.9. The highest BCUT2D eigenvalue weighted by Crippen LogP contribution is 2.65. The van der Waals surface area contributed by atoms with Gasteiger partial charge in [-0.2, -0.15) is 0 Å². The Morgan fingerprint density at radius 3 is 1.87 bits per heavy atom. The summed E-state index contributed by atoms with van der Waals surface area (Å²) in [6.45, 7) is 4.98. The molecule has 4 heteroatoms. The predicted octanol–water partition coefficient (Wildman–Crippen LogP) is 13.7. The molecule has 2 saturated carbocycles. The maximum absolute atomic E-state index is 5.27. The lowest BCUT2D eigenvalue weighted by atomic mass is 9.49. The summed E-state index contributed by atoms with van der Waals surface area (Å²) in [5.41, 5.74) is 11.3. The average Bonchev–Trinajstić information content (AvgIpc) is 3.75. The van der Waals surface area contributed by atoms with Crippen LogP contribution in [0.25, 0.3) is 76.6 Å². The summed E-state index contributed by atoms with van der Waals surface area (Å²) in [5, 5.41) is 2.75. The summed E-state index contributed by atoms with van der Waals surface area (Å²) in [6, 6.07) is 50.8. The van der Waals surface area contributed by atoms with Crippen LogP contribution in [0.3, 0.4) is 0 Å². The summed E-state index contributed by atoms with van der Waals surface area (Å²) in [5.74, 6) is 4.89. The fourth-order valence-corrected chi connectivity index (χ4v) is 12.2. The molecule has 2 aromatic heterocycles. The first-order valence-electron chi connectivity index (χ1n) is 20.1. The summed E-state index contributed by atoms with van der Waals surface area (Å²) in [7, 11) is 0. The van der Waals surface area contributed by atoms with Gasteiger partial charge in [-0.1, -0.05) is 136 Å². The van der Waals surface area contributed by atoms with Crippen LogP contribution in [0.5, 0.6) is 0 Å². The number of thiophene rings is 1. The highest BCUT2D eigenvalue weighted by molar-refractivity contribution is 7.25. The number of fused-ring (bicyclic) bond motifs is 11. The van der Waals surface area contributed by atoms with Gasteiger partial charge in [-0.15, -0.1) is 11.3 Å². The van der Waals surface area contributed by atoms with Gasteiger partial charge in [-0.05, 0) is 107 Å². The van der Waals surface area contributed by atoms with Gasteiger partial charge in [0.25, 0.3) is 0 Å². The van der Waals surface area contributed by atoms with Crippen LogP contribution < -0.4 is 0 Å². The van der Waals surface area contributed by atoms with E-state index in [1.165, 1.54) is 80.1 Å². The Bertz CT molecular complexity index is 2730. The molecule has 3 nitrogen and oxygen atoms in total. The molecule has 0 radical (unpaired) electrons. The molecule has 5 unspecified atom stereocenters. The van der Waals surface area contributed by atoms with Crippen LogP contribution in [0, 0.1) is 23.7 Å². The monoisotopic (exact) mass is 729 g/mol. The van der Waals surface area contributed by atoms with Gasteiger partial charge < -0.3 is 0 Å². The second-order valence-electron chi connectivity index (χ2n) is 16.4. The Hall–Kier alpha value is -5.45. The van der Waals surface area contributed by atoms with Gasteiger partial charge in [0.2, 0.25) is 0 Å². The van der Waals surface area contributed by atoms with Crippen molar-refractivity contribution in [2.24, 2.45) is 23.7 Å². The van der Waals surface area contributed by atoms with Crippen molar-refractivity contribution in [3.05, 3.63) is 151 Å². The SMILES string of the molecule is CCC1CC2CC(C)C3(c4cc(-c5nc(-c6ccccc6)nc(-c6ccc(-c7ccccc7)cc6)n5)ccc4-c4cc5c(cc43)sc3ccccc35)C(C1)C2. The molecule has 2 fully saturated rings. The van der Waals surface area contributed by atoms with Crippen LogP contribution >= 0.6 is 11.3 Å². The lowest BCUT2D eigenvalue weighted by Gasteiger charge is -2.54. The first-order chi connectivity index (χ1) is 27.1. The van der Waals surface area contributed by atoms with Crippen molar-refractivity contribution in [1.82, 2.24) is 15.0 Å². The first-order valence-corrected chi connectivity index (χ1v) is 21.0. The molecule has 0 aliphatic heterocycles. The van der Waals surface area contributed by atoms with E-state index in [9.17, 15) is 0 Å². The summed E-state index contributed by atoms with van der Waals surface area (Å²) < 4.78 is 2.79. The Morgan fingerprint density at radius 2 is 1.13 bits per heavy atom. The van der Waals surface area contributed by atoms with Gasteiger partial charge in [0.1, 0.15) is 0 Å². The van der Waals surface area contributed by atoms with Crippen LogP contribution in [0.1, 0.15) is 57.1 Å². The van der Waals surface area contributed by atoms with Crippen molar-refractivity contribution in [3.63, 3.8) is 0 Å². The van der Waals surface area contributed by atoms with Crippen molar-refractivity contribution in [1.29, 1.82) is 0 Å². The molecule has 1 spiro atoms. The van der Waals surface area contributed by atoms with Crippen molar-refractivity contribution in [2.75, 3.05) is 0 Å². The van der Waals surface area contributed by atoms with Crippen molar-refractivity contribution < 1.29 is 0 Å². The zero-order valence-corrected chi connectivity index (χ0v) is 32.2. The minimum absolute atomic E-state index is 0.0409. The highest BCUT2D eigenvalue weighted by Gasteiger charge is 2.57. The predicted molar refractivity (Wildman–Crippen MR) is 229 cm³/mol. The molecule has 8 aromatic rings. The molecular weight excluding hydrogens is 687 g/mol. The van der Waals surface area contributed by atoms with E-state index < -0.39 is 0 Å². The largest absolute Gasteiger partial charge is 0.208 e. The summed E-state index contributed by atoms with van der Waals surface area (Å²) in [6.07, 6.45) is 6.58. The van der Waals surface area contributed by atoms with Crippen LogP contribution in [0.15, 0.2) is 140 Å². The van der Waals surface area contributed by atoms with E-state index in [1.54, 1.807) is 5.56 Å². The lowest BCUT2D eigenvalue weighted by Crippen LogP contribution is -2.49. The van der Waals surface area contributed by atoms with Crippen LogP contribution in [0.2, 0.25) is 0 Å². The molecule has 3 aliphatic carbocycles. The van der Waals surface area contributed by atoms with Gasteiger partial charge in [0.05, 0.1) is 0 Å². The van der Waals surface area contributed by atoms with E-state index in [1.807, 2.05) is 17.4 Å². The molecule has 11 rings (SSSR count). The third-order valence-corrected chi connectivity index (χ3v) is 14.6. The minimum atomic E-state index is -0.0409. The van der Waals surface area contributed by atoms with Crippen LogP contribution in [-0.2, 0) is 5.41 Å². The van der Waals surface area contributed by atoms with Crippen molar-refractivity contribution >= 4 is 31.5 Å². The van der Waals surface area contributed by atoms with Gasteiger partial charge in [0, 0.05) is 42.3 Å². The molecule has 3 aliphatic rings. The van der Waals surface area contributed by atoms with E-state index in [-0.39, 0.29) is 5.41 Å². The Kier molecular flexibility index (Phi) is 7.67. The van der Waals surface area contributed by atoms with Crippen LogP contribution in [0.4, 0.5) is 0 Å². The second kappa shape index (κ2) is 12.8. The maximum atomic E-state index is 5.27. The number of rotatable bonds is 5. The molecule has 0 amide bonds. The standard InChI is InChI=1S/C51H43N3S/c1-3-32-25-33-24-31(2)51(39(26-32)27-33)44-28-38(22-23-40(44)42-29-43-41-16-10-11-17-46(41)55-47(43)30-45(42)51)50-53-48(36-14-8-5-9-15-36)52-49(54-50)37-20-18-35(19-21-37)34-12-6-4-7-13-34/h4-23,28-33,39H,3,24-27H2,1-2H3. The topological polar surface area (TPSA) is 38.7 Å². The van der Waals surface area contributed by atoms with Gasteiger partial charge >= 0.3 is 0 Å². The maximum Gasteiger partial charge on any atom is 0.164 e. The second-order valence-corrected chi connectivity index (χ2v) is 17.5. The van der Waals surface area contributed by atoms with Gasteiger partial charge in [-0.25, -0.2) is 15.0 Å². The fourth-order valence-electron chi connectivity index (χ4n) is 11.1. The zero-order valence-electron chi connectivity index (χ0n) is 31.4. The average molecular weight is 730 g/mol. The molecule has 6 aromatic carbocycles. The summed E-state index contributed by atoms with van der Waals surface area (Å²) >= 11 is 1.95. The quantitative estimate of drug-likeness (QED) is 0.177. The molecule has 55 heavy (non-hydrogen) atoms. The highest BCUT2D eigenvalue weighted by atomic mass is 32.1. The Balaban J connectivity index is 1.10. The minimum Gasteiger partial charge on any atom is -0.208 e. The van der Waals surface area contributed by atoms with Gasteiger partial charge in [-0.3, -0.25) is 0 Å². The molecule has 0 N–H and O–H groups in total. The zero-order chi connectivity index (χ0) is 36.7. The van der Waals surface area contributed by atoms with E-state index >= 15 is 0 Å². The molecular formula is C51H43N3S. The number of benzene rings is 6. The number of hydrogen-bond donors (Lipinski definition) is 0. The molecule has 5 atom stereocenters. The number of aromatic nitrogens is 3. The Labute approximate surface area is 327 Å². The third-order valence-electron chi connectivity index (χ3n) is 13.5. The van der Waals surface area contributed by atoms with E-state index in [2.05, 4.69) is 147 Å². The molecule has 2 heterocycles. The molecule has 2 bridgehead atoms. The smallest absolute Gasteiger partial charge is 0.164 e. The Morgan fingerprint density at radius 1 is 0.527 bits per heavy atom. The van der Waals surface area contributed by atoms with Crippen LogP contribution in [-0.4, -0.2) is 15.0 Å². The summed E-state index contributed by atoms with van der Waals surface area (Å²) in [4.78, 5) is 15.6. The van der Waals surface area contributed by atoms with E-state index in [0.717, 1.165) is 34.4 Å². The number of nitrogens with zero attached hydrogens (tertiary/aromatic N) is 3. The van der Waals surface area contributed by atoms with Gasteiger partial charge in [0.15, 0.2) is 17.5 Å². The van der Waals surface area contributed by atoms with Crippen molar-refractivity contribution in [3.8, 4) is 56.4 Å².